The van der Waals surface area contributed by atoms with Crippen molar-refractivity contribution in [1.82, 2.24) is 5.32 Å². The van der Waals surface area contributed by atoms with Crippen molar-refractivity contribution in [3.05, 3.63) is 24.3 Å². The molecule has 0 radical (unpaired) electrons. The molecule has 0 aliphatic carbocycles. The van der Waals surface area contributed by atoms with Crippen molar-refractivity contribution in [3.63, 3.8) is 0 Å². The van der Waals surface area contributed by atoms with Crippen molar-refractivity contribution in [3.8, 4) is 5.75 Å². The molecule has 0 bridgehead atoms. The Morgan fingerprint density at radius 1 is 1.40 bits per heavy atom. The number of nitrogens with zero attached hydrogens (tertiary/aromatic N) is 1. The van der Waals surface area contributed by atoms with Crippen molar-refractivity contribution in [2.45, 2.75) is 25.5 Å². The molecule has 2 rings (SSSR count). The third-order valence-corrected chi connectivity index (χ3v) is 3.06. The molecule has 20 heavy (non-hydrogen) atoms. The number of piperazine rings is 1. The summed E-state index contributed by atoms with van der Waals surface area (Å²) in [6, 6.07) is 6.13. The average molecular weight is 292 g/mol. The molecule has 1 saturated heterocycles. The smallest absolute Gasteiger partial charge is 0.428 e. The highest BCUT2D eigenvalue weighted by Crippen LogP contribution is 2.30. The van der Waals surface area contributed by atoms with E-state index in [1.807, 2.05) is 11.8 Å². The van der Waals surface area contributed by atoms with Gasteiger partial charge in [0.1, 0.15) is 5.75 Å². The number of hydrogen-bond donors (Lipinski definition) is 1. The fourth-order valence-corrected chi connectivity index (χ4v) is 2.11. The van der Waals surface area contributed by atoms with E-state index in [2.05, 4.69) is 10.1 Å². The van der Waals surface area contributed by atoms with Crippen molar-refractivity contribution < 1.29 is 22.3 Å². The molecule has 1 atom stereocenters. The van der Waals surface area contributed by atoms with Crippen LogP contribution in [-0.4, -0.2) is 38.2 Å². The molecule has 0 unspecified atom stereocenters. The molecule has 1 aromatic rings. The molecule has 1 N–H and O–H groups in total. The van der Waals surface area contributed by atoms with Crippen molar-refractivity contribution in [1.29, 1.82) is 0 Å². The summed E-state index contributed by atoms with van der Waals surface area (Å²) in [5.41, 5.74) is 0.681. The Balaban J connectivity index is 2.11. The van der Waals surface area contributed by atoms with Gasteiger partial charge in [0.15, 0.2) is 0 Å². The SMILES string of the molecule is C[C@@H]1CN(c2cccc(OC(F)(F)C(F)F)c2)CCN1. The third-order valence-electron chi connectivity index (χ3n) is 3.06. The largest absolute Gasteiger partial charge is 0.461 e. The zero-order valence-corrected chi connectivity index (χ0v) is 11.0. The molecule has 0 saturated carbocycles. The molecular formula is C13H16F4N2O. The Hall–Kier alpha value is -1.50. The van der Waals surface area contributed by atoms with Crippen LogP contribution < -0.4 is 15.0 Å². The maximum absolute atomic E-state index is 12.9. The number of halogens is 4. The molecule has 1 heterocycles. The van der Waals surface area contributed by atoms with Crippen LogP contribution in [0.15, 0.2) is 24.3 Å². The first-order chi connectivity index (χ1) is 9.38. The minimum absolute atomic E-state index is 0.265. The highest BCUT2D eigenvalue weighted by atomic mass is 19.3. The average Bonchev–Trinajstić information content (AvgIpc) is 2.38. The predicted molar refractivity (Wildman–Crippen MR) is 67.7 cm³/mol. The maximum atomic E-state index is 12.9. The summed E-state index contributed by atoms with van der Waals surface area (Å²) in [6.45, 7) is 4.23. The predicted octanol–water partition coefficient (Wildman–Crippen LogP) is 2.72. The second-order valence-electron chi connectivity index (χ2n) is 4.76. The Morgan fingerprint density at radius 3 is 2.80 bits per heavy atom. The zero-order valence-electron chi connectivity index (χ0n) is 11.0. The number of alkyl halides is 4. The highest BCUT2D eigenvalue weighted by Gasteiger charge is 2.44. The summed E-state index contributed by atoms with van der Waals surface area (Å²) < 4.78 is 54.1. The van der Waals surface area contributed by atoms with E-state index in [0.717, 1.165) is 13.1 Å². The van der Waals surface area contributed by atoms with E-state index in [0.29, 0.717) is 12.2 Å². The molecule has 3 nitrogen and oxygen atoms in total. The van der Waals surface area contributed by atoms with E-state index in [1.54, 1.807) is 6.07 Å². The Labute approximate surface area is 114 Å². The topological polar surface area (TPSA) is 24.5 Å². The minimum atomic E-state index is -4.48. The number of anilines is 1. The summed E-state index contributed by atoms with van der Waals surface area (Å²) in [5, 5.41) is 3.26. The molecule has 0 aromatic heterocycles. The Morgan fingerprint density at radius 2 is 2.15 bits per heavy atom. The molecule has 1 aliphatic rings. The van der Waals surface area contributed by atoms with Crippen LogP contribution in [0.5, 0.6) is 5.75 Å². The first kappa shape index (κ1) is 14.9. The minimum Gasteiger partial charge on any atom is -0.428 e. The summed E-state index contributed by atoms with van der Waals surface area (Å²) >= 11 is 0. The van der Waals surface area contributed by atoms with Crippen LogP contribution in [0.25, 0.3) is 0 Å². The lowest BCUT2D eigenvalue weighted by Gasteiger charge is -2.33. The Kier molecular flexibility index (Phi) is 4.37. The summed E-state index contributed by atoms with van der Waals surface area (Å²) in [7, 11) is 0. The molecule has 0 amide bonds. The first-order valence-electron chi connectivity index (χ1n) is 6.32. The number of benzene rings is 1. The lowest BCUT2D eigenvalue weighted by Crippen LogP contribution is -2.49. The number of nitrogens with one attached hydrogen (secondary N) is 1. The van der Waals surface area contributed by atoms with Gasteiger partial charge in [0.2, 0.25) is 0 Å². The van der Waals surface area contributed by atoms with Crippen molar-refractivity contribution in [2.75, 3.05) is 24.5 Å². The van der Waals surface area contributed by atoms with Crippen LogP contribution in [0.4, 0.5) is 23.2 Å². The lowest BCUT2D eigenvalue weighted by atomic mass is 10.2. The quantitative estimate of drug-likeness (QED) is 0.864. The molecule has 1 fully saturated rings. The van der Waals surface area contributed by atoms with Crippen molar-refractivity contribution >= 4 is 5.69 Å². The van der Waals surface area contributed by atoms with E-state index in [1.165, 1.54) is 18.2 Å². The lowest BCUT2D eigenvalue weighted by molar-refractivity contribution is -0.253. The van der Waals surface area contributed by atoms with Gasteiger partial charge in [0.25, 0.3) is 0 Å². The summed E-state index contributed by atoms with van der Waals surface area (Å²) in [4.78, 5) is 1.99. The molecule has 1 aliphatic heterocycles. The standard InChI is InChI=1S/C13H16F4N2O/c1-9-8-19(6-5-18-9)10-3-2-4-11(7-10)20-13(16,17)12(14)15/h2-4,7,9,12,18H,5-6,8H2,1H3/t9-/m1/s1. The van der Waals surface area contributed by atoms with Crippen LogP contribution >= 0.6 is 0 Å². The van der Waals surface area contributed by atoms with E-state index in [-0.39, 0.29) is 11.8 Å². The molecule has 112 valence electrons. The van der Waals surface area contributed by atoms with Gasteiger partial charge in [0, 0.05) is 37.4 Å². The molecule has 7 heteroatoms. The van der Waals surface area contributed by atoms with E-state index < -0.39 is 12.5 Å². The monoisotopic (exact) mass is 292 g/mol. The maximum Gasteiger partial charge on any atom is 0.461 e. The van der Waals surface area contributed by atoms with E-state index in [4.69, 9.17) is 0 Å². The number of ether oxygens (including phenoxy) is 1. The summed E-state index contributed by atoms with van der Waals surface area (Å²) in [5.74, 6) is -0.265. The number of hydrogen-bond acceptors (Lipinski definition) is 3. The van der Waals surface area contributed by atoms with E-state index in [9.17, 15) is 17.6 Å². The first-order valence-corrected chi connectivity index (χ1v) is 6.32. The van der Waals surface area contributed by atoms with Gasteiger partial charge in [-0.2, -0.15) is 17.6 Å². The van der Waals surface area contributed by atoms with Gasteiger partial charge in [-0.3, -0.25) is 0 Å². The molecule has 0 spiro atoms. The van der Waals surface area contributed by atoms with Gasteiger partial charge in [-0.05, 0) is 19.1 Å². The van der Waals surface area contributed by atoms with Crippen LogP contribution in [0.1, 0.15) is 6.92 Å². The van der Waals surface area contributed by atoms with Crippen molar-refractivity contribution in [2.24, 2.45) is 0 Å². The van der Waals surface area contributed by atoms with Gasteiger partial charge in [-0.1, -0.05) is 6.07 Å². The second-order valence-corrected chi connectivity index (χ2v) is 4.76. The van der Waals surface area contributed by atoms with Gasteiger partial charge >= 0.3 is 12.5 Å². The fourth-order valence-electron chi connectivity index (χ4n) is 2.11. The van der Waals surface area contributed by atoms with Crippen LogP contribution in [0, 0.1) is 0 Å². The number of rotatable bonds is 4. The van der Waals surface area contributed by atoms with Gasteiger partial charge < -0.3 is 15.0 Å². The zero-order chi connectivity index (χ0) is 14.8. The normalized spacial score (nSPS) is 20.3. The second kappa shape index (κ2) is 5.87. The van der Waals surface area contributed by atoms with Gasteiger partial charge in [-0.15, -0.1) is 0 Å². The molecular weight excluding hydrogens is 276 g/mol. The van der Waals surface area contributed by atoms with Crippen LogP contribution in [0.2, 0.25) is 0 Å². The summed E-state index contributed by atoms with van der Waals surface area (Å²) in [6.07, 6.45) is -8.33. The Bertz CT molecular complexity index is 456. The van der Waals surface area contributed by atoms with Gasteiger partial charge in [0.05, 0.1) is 0 Å². The molecule has 1 aromatic carbocycles. The van der Waals surface area contributed by atoms with Gasteiger partial charge in [-0.25, -0.2) is 0 Å². The third kappa shape index (κ3) is 3.53. The van der Waals surface area contributed by atoms with Crippen LogP contribution in [-0.2, 0) is 0 Å². The fraction of sp³-hybridized carbons (Fsp3) is 0.538. The van der Waals surface area contributed by atoms with E-state index >= 15 is 0 Å². The highest BCUT2D eigenvalue weighted by molar-refractivity contribution is 5.51. The van der Waals surface area contributed by atoms with Crippen LogP contribution in [0.3, 0.4) is 0 Å².